The number of likely N-dealkylation sites (N-methyl/N-ethyl adjacent to an activating group) is 1. The largest absolute Gasteiger partial charge is 0.357 e. The van der Waals surface area contributed by atoms with E-state index < -0.39 is 34.3 Å². The topological polar surface area (TPSA) is 86.8 Å². The van der Waals surface area contributed by atoms with E-state index in [0.717, 1.165) is 33.8 Å². The maximum atomic E-state index is 13.6. The lowest BCUT2D eigenvalue weighted by Crippen LogP contribution is -2.51. The molecule has 7 nitrogen and oxygen atoms in total. The molecule has 0 bridgehead atoms. The molecule has 0 spiro atoms. The summed E-state index contributed by atoms with van der Waals surface area (Å²) in [6.45, 7) is 3.22. The van der Waals surface area contributed by atoms with Gasteiger partial charge in [-0.15, -0.1) is 0 Å². The van der Waals surface area contributed by atoms with Crippen LogP contribution in [0.1, 0.15) is 24.5 Å². The summed E-state index contributed by atoms with van der Waals surface area (Å²) in [5, 5.41) is 2.29. The van der Waals surface area contributed by atoms with Crippen molar-refractivity contribution in [2.75, 3.05) is 24.2 Å². The number of anilines is 1. The number of rotatable bonds is 9. The number of hydrogen-bond acceptors (Lipinski definition) is 4. The molecule has 10 heteroatoms. The summed E-state index contributed by atoms with van der Waals surface area (Å²) in [5.74, 6) is -1.64. The van der Waals surface area contributed by atoms with Gasteiger partial charge in [0.25, 0.3) is 0 Å². The Balaban J connectivity index is 2.46. The van der Waals surface area contributed by atoms with Gasteiger partial charge >= 0.3 is 0 Å². The molecule has 174 valence electrons. The Morgan fingerprint density at radius 2 is 1.84 bits per heavy atom. The number of nitrogens with zero attached hydrogens (tertiary/aromatic N) is 2. The quantitative estimate of drug-likeness (QED) is 0.593. The second-order valence-electron chi connectivity index (χ2n) is 7.35. The molecule has 2 amide bonds. The minimum absolute atomic E-state index is 0.0519. The van der Waals surface area contributed by atoms with Crippen LogP contribution >= 0.6 is 11.6 Å². The monoisotopic (exact) mass is 483 g/mol. The molecule has 0 unspecified atom stereocenters. The van der Waals surface area contributed by atoms with Crippen molar-refractivity contribution in [3.8, 4) is 0 Å². The van der Waals surface area contributed by atoms with Crippen LogP contribution in [0.25, 0.3) is 0 Å². The highest BCUT2D eigenvalue weighted by molar-refractivity contribution is 7.92. The first-order valence-corrected chi connectivity index (χ1v) is 12.2. The van der Waals surface area contributed by atoms with E-state index in [0.29, 0.717) is 6.42 Å². The predicted octanol–water partition coefficient (Wildman–Crippen LogP) is 3.11. The molecular weight excluding hydrogens is 457 g/mol. The van der Waals surface area contributed by atoms with Crippen LogP contribution in [0.5, 0.6) is 0 Å². The number of sulfonamides is 1. The Morgan fingerprint density at radius 1 is 1.19 bits per heavy atom. The van der Waals surface area contributed by atoms with E-state index in [9.17, 15) is 22.4 Å². The summed E-state index contributed by atoms with van der Waals surface area (Å²) in [6, 6.07) is 10.0. The average molecular weight is 484 g/mol. The number of carbonyl (C=O) groups excluding carboxylic acids is 2. The molecule has 1 atom stereocenters. The fourth-order valence-corrected chi connectivity index (χ4v) is 4.33. The standard InChI is InChI=1S/C22H27ClFN3O4S/c1-5-20(22(29)25-3)26(13-16-9-7-6-8-15(16)2)21(28)14-27(32(4,30)31)17-10-11-19(24)18(23)12-17/h6-12,20H,5,13-14H2,1-4H3,(H,25,29)/t20-/m1/s1. The first kappa shape index (κ1) is 25.6. The fourth-order valence-electron chi connectivity index (χ4n) is 3.31. The molecule has 0 radical (unpaired) electrons. The molecule has 0 aliphatic heterocycles. The van der Waals surface area contributed by atoms with Gasteiger partial charge in [0.15, 0.2) is 0 Å². The van der Waals surface area contributed by atoms with Crippen LogP contribution in [0.15, 0.2) is 42.5 Å². The average Bonchev–Trinajstić information content (AvgIpc) is 2.74. The highest BCUT2D eigenvalue weighted by Crippen LogP contribution is 2.25. The van der Waals surface area contributed by atoms with Crippen LogP contribution in [-0.2, 0) is 26.2 Å². The van der Waals surface area contributed by atoms with E-state index >= 15 is 0 Å². The zero-order chi connectivity index (χ0) is 24.1. The Morgan fingerprint density at radius 3 is 2.38 bits per heavy atom. The lowest BCUT2D eigenvalue weighted by atomic mass is 10.1. The molecule has 0 heterocycles. The maximum absolute atomic E-state index is 13.6. The highest BCUT2D eigenvalue weighted by atomic mass is 35.5. The van der Waals surface area contributed by atoms with Crippen LogP contribution in [0.2, 0.25) is 5.02 Å². The molecule has 1 N–H and O–H groups in total. The third kappa shape index (κ3) is 6.20. The van der Waals surface area contributed by atoms with Gasteiger partial charge in [-0.25, -0.2) is 12.8 Å². The van der Waals surface area contributed by atoms with Gasteiger partial charge in [-0.2, -0.15) is 0 Å². The van der Waals surface area contributed by atoms with Crippen molar-refractivity contribution in [2.45, 2.75) is 32.9 Å². The number of hydrogen-bond donors (Lipinski definition) is 1. The van der Waals surface area contributed by atoms with Gasteiger partial charge in [-0.3, -0.25) is 13.9 Å². The van der Waals surface area contributed by atoms with Gasteiger partial charge in [-0.05, 0) is 42.7 Å². The van der Waals surface area contributed by atoms with Crippen molar-refractivity contribution in [1.29, 1.82) is 0 Å². The van der Waals surface area contributed by atoms with Crippen molar-refractivity contribution in [2.24, 2.45) is 0 Å². The molecule has 32 heavy (non-hydrogen) atoms. The summed E-state index contributed by atoms with van der Waals surface area (Å²) in [4.78, 5) is 27.3. The maximum Gasteiger partial charge on any atom is 0.244 e. The third-order valence-corrected chi connectivity index (χ3v) is 6.53. The molecule has 0 saturated heterocycles. The first-order valence-electron chi connectivity index (χ1n) is 9.97. The zero-order valence-corrected chi connectivity index (χ0v) is 20.0. The van der Waals surface area contributed by atoms with Gasteiger partial charge in [0.1, 0.15) is 18.4 Å². The van der Waals surface area contributed by atoms with Crippen molar-refractivity contribution >= 4 is 39.1 Å². The molecule has 0 aromatic heterocycles. The Bertz CT molecular complexity index is 1090. The van der Waals surface area contributed by atoms with E-state index in [4.69, 9.17) is 11.6 Å². The van der Waals surface area contributed by atoms with Crippen LogP contribution in [0.4, 0.5) is 10.1 Å². The Kier molecular flexibility index (Phi) is 8.63. The number of halogens is 2. The predicted molar refractivity (Wildman–Crippen MR) is 123 cm³/mol. The van der Waals surface area contributed by atoms with Crippen LogP contribution in [-0.4, -0.2) is 51.0 Å². The molecule has 2 aromatic carbocycles. The van der Waals surface area contributed by atoms with E-state index in [2.05, 4.69) is 5.32 Å². The molecule has 2 rings (SSSR count). The normalized spacial score (nSPS) is 12.2. The lowest BCUT2D eigenvalue weighted by molar-refractivity contribution is -0.140. The molecule has 2 aromatic rings. The minimum Gasteiger partial charge on any atom is -0.357 e. The SMILES string of the molecule is CC[C@H](C(=O)NC)N(Cc1ccccc1C)C(=O)CN(c1ccc(F)c(Cl)c1)S(C)(=O)=O. The number of aryl methyl sites for hydroxylation is 1. The summed E-state index contributed by atoms with van der Waals surface area (Å²) >= 11 is 5.82. The number of nitrogens with one attached hydrogen (secondary N) is 1. The van der Waals surface area contributed by atoms with Crippen molar-refractivity contribution in [1.82, 2.24) is 10.2 Å². The summed E-state index contributed by atoms with van der Waals surface area (Å²) in [7, 11) is -2.43. The van der Waals surface area contributed by atoms with Crippen LogP contribution in [0, 0.1) is 12.7 Å². The van der Waals surface area contributed by atoms with Crippen molar-refractivity contribution in [3.05, 3.63) is 64.4 Å². The number of benzene rings is 2. The molecular formula is C22H27ClFN3O4S. The van der Waals surface area contributed by atoms with E-state index in [1.54, 1.807) is 6.92 Å². The summed E-state index contributed by atoms with van der Waals surface area (Å²) in [6.07, 6.45) is 1.28. The van der Waals surface area contributed by atoms with E-state index in [1.807, 2.05) is 31.2 Å². The lowest BCUT2D eigenvalue weighted by Gasteiger charge is -2.33. The van der Waals surface area contributed by atoms with Gasteiger partial charge < -0.3 is 10.2 Å². The smallest absolute Gasteiger partial charge is 0.244 e. The van der Waals surface area contributed by atoms with Crippen LogP contribution < -0.4 is 9.62 Å². The Hall–Kier alpha value is -2.65. The van der Waals surface area contributed by atoms with Crippen molar-refractivity contribution in [3.63, 3.8) is 0 Å². The van der Waals surface area contributed by atoms with Crippen molar-refractivity contribution < 1.29 is 22.4 Å². The highest BCUT2D eigenvalue weighted by Gasteiger charge is 2.31. The van der Waals surface area contributed by atoms with Gasteiger partial charge in [0.2, 0.25) is 21.8 Å². The summed E-state index contributed by atoms with van der Waals surface area (Å²) < 4.78 is 39.4. The second-order valence-corrected chi connectivity index (χ2v) is 9.67. The van der Waals surface area contributed by atoms with Crippen LogP contribution in [0.3, 0.4) is 0 Å². The van der Waals surface area contributed by atoms with Gasteiger partial charge in [0, 0.05) is 13.6 Å². The van der Waals surface area contributed by atoms with Gasteiger partial charge in [0.05, 0.1) is 17.0 Å². The molecule has 0 fully saturated rings. The number of amides is 2. The second kappa shape index (κ2) is 10.8. The molecule has 0 aliphatic rings. The fraction of sp³-hybridized carbons (Fsp3) is 0.364. The molecule has 0 aliphatic carbocycles. The minimum atomic E-state index is -3.91. The summed E-state index contributed by atoms with van der Waals surface area (Å²) in [5.41, 5.74) is 1.82. The van der Waals surface area contributed by atoms with E-state index in [-0.39, 0.29) is 23.2 Å². The van der Waals surface area contributed by atoms with E-state index in [1.165, 1.54) is 18.0 Å². The van der Waals surface area contributed by atoms with Gasteiger partial charge in [-0.1, -0.05) is 42.8 Å². The number of carbonyl (C=O) groups is 2. The molecule has 0 saturated carbocycles. The first-order chi connectivity index (χ1) is 15.0. The Labute approximate surface area is 193 Å². The zero-order valence-electron chi connectivity index (χ0n) is 18.4. The third-order valence-electron chi connectivity index (χ3n) is 5.10.